The van der Waals surface area contributed by atoms with Crippen molar-refractivity contribution in [1.29, 1.82) is 0 Å². The Bertz CT molecular complexity index is 319. The van der Waals surface area contributed by atoms with Gasteiger partial charge in [-0.3, -0.25) is 4.79 Å². The number of nitrogens with one attached hydrogen (secondary N) is 2. The Hall–Kier alpha value is -1.79. The fraction of sp³-hybridized carbons (Fsp3) is 0.750. The second-order valence-electron chi connectivity index (χ2n) is 4.48. The van der Waals surface area contributed by atoms with E-state index in [0.717, 1.165) is 12.8 Å². The van der Waals surface area contributed by atoms with E-state index < -0.39 is 24.0 Å². The number of urea groups is 1. The van der Waals surface area contributed by atoms with Gasteiger partial charge in [-0.05, 0) is 26.2 Å². The summed E-state index contributed by atoms with van der Waals surface area (Å²) in [6.45, 7) is 3.82. The molecule has 0 spiro atoms. The number of rotatable bonds is 9. The van der Waals surface area contributed by atoms with E-state index in [0.29, 0.717) is 0 Å². The van der Waals surface area contributed by atoms with Crippen molar-refractivity contribution in [3.05, 3.63) is 0 Å². The molecule has 4 N–H and O–H groups in total. The molecule has 0 aliphatic heterocycles. The van der Waals surface area contributed by atoms with Crippen LogP contribution in [0, 0.1) is 0 Å². The summed E-state index contributed by atoms with van der Waals surface area (Å²) in [6, 6.07) is -1.63. The van der Waals surface area contributed by atoms with E-state index in [-0.39, 0.29) is 25.3 Å². The first-order valence-electron chi connectivity index (χ1n) is 6.38. The van der Waals surface area contributed by atoms with Crippen LogP contribution in [0.5, 0.6) is 0 Å². The lowest BCUT2D eigenvalue weighted by Gasteiger charge is -2.17. The Kier molecular flexibility index (Phi) is 8.32. The molecule has 0 aromatic carbocycles. The summed E-state index contributed by atoms with van der Waals surface area (Å²) in [5.41, 5.74) is 0. The highest BCUT2D eigenvalue weighted by Crippen LogP contribution is 2.02. The third-order valence-electron chi connectivity index (χ3n) is 2.59. The van der Waals surface area contributed by atoms with E-state index >= 15 is 0 Å². The van der Waals surface area contributed by atoms with Crippen LogP contribution in [0.2, 0.25) is 0 Å². The Morgan fingerprint density at radius 1 is 1.11 bits per heavy atom. The zero-order valence-corrected chi connectivity index (χ0v) is 11.3. The van der Waals surface area contributed by atoms with Gasteiger partial charge in [0.15, 0.2) is 0 Å². The van der Waals surface area contributed by atoms with E-state index in [1.165, 1.54) is 0 Å². The molecule has 0 aromatic heterocycles. The minimum Gasteiger partial charge on any atom is -0.481 e. The fourth-order valence-electron chi connectivity index (χ4n) is 1.64. The standard InChI is InChI=1S/C12H22N2O5/c1-3-5-8(2)13-12(19)14-9(11(17)18)6-4-7-10(15)16/h8-9H,3-7H2,1-2H3,(H,15,16)(H,17,18)(H2,13,14,19)/t8?,9-/m1/s1. The molecule has 0 rings (SSSR count). The predicted molar refractivity (Wildman–Crippen MR) is 68.9 cm³/mol. The Morgan fingerprint density at radius 2 is 1.74 bits per heavy atom. The Morgan fingerprint density at radius 3 is 2.21 bits per heavy atom. The zero-order valence-electron chi connectivity index (χ0n) is 11.3. The van der Waals surface area contributed by atoms with Gasteiger partial charge in [0.05, 0.1) is 0 Å². The smallest absolute Gasteiger partial charge is 0.326 e. The number of carboxylic acid groups (broad SMARTS) is 2. The molecule has 0 aliphatic carbocycles. The number of amides is 2. The van der Waals surface area contributed by atoms with E-state index in [2.05, 4.69) is 10.6 Å². The molecule has 0 radical (unpaired) electrons. The number of carboxylic acids is 2. The summed E-state index contributed by atoms with van der Waals surface area (Å²) in [6.07, 6.45) is 1.92. The summed E-state index contributed by atoms with van der Waals surface area (Å²) >= 11 is 0. The van der Waals surface area contributed by atoms with Crippen molar-refractivity contribution >= 4 is 18.0 Å². The van der Waals surface area contributed by atoms with Crippen molar-refractivity contribution < 1.29 is 24.6 Å². The van der Waals surface area contributed by atoms with Gasteiger partial charge in [-0.15, -0.1) is 0 Å². The molecule has 7 nitrogen and oxygen atoms in total. The van der Waals surface area contributed by atoms with Crippen LogP contribution >= 0.6 is 0 Å². The first-order chi connectivity index (χ1) is 8.86. The van der Waals surface area contributed by atoms with Crippen LogP contribution < -0.4 is 10.6 Å². The molecule has 1 unspecified atom stereocenters. The van der Waals surface area contributed by atoms with Crippen LogP contribution in [0.1, 0.15) is 46.0 Å². The van der Waals surface area contributed by atoms with Gasteiger partial charge in [0.1, 0.15) is 6.04 Å². The highest BCUT2D eigenvalue weighted by atomic mass is 16.4. The van der Waals surface area contributed by atoms with Crippen molar-refractivity contribution in [1.82, 2.24) is 10.6 Å². The second kappa shape index (κ2) is 9.18. The molecule has 2 amide bonds. The molecule has 7 heteroatoms. The molecule has 0 saturated carbocycles. The number of carbonyl (C=O) groups is 3. The van der Waals surface area contributed by atoms with E-state index in [1.807, 2.05) is 13.8 Å². The van der Waals surface area contributed by atoms with Gasteiger partial charge in [-0.1, -0.05) is 13.3 Å². The van der Waals surface area contributed by atoms with E-state index in [1.54, 1.807) is 0 Å². The lowest BCUT2D eigenvalue weighted by Crippen LogP contribution is -2.48. The topological polar surface area (TPSA) is 116 Å². The molecular formula is C12H22N2O5. The molecule has 0 aliphatic rings. The number of hydrogen-bond acceptors (Lipinski definition) is 3. The second-order valence-corrected chi connectivity index (χ2v) is 4.48. The SMILES string of the molecule is CCCC(C)NC(=O)N[C@H](CCCC(=O)O)C(=O)O. The molecule has 2 atom stereocenters. The maximum absolute atomic E-state index is 11.5. The van der Waals surface area contributed by atoms with Crippen LogP contribution in [0.3, 0.4) is 0 Å². The number of aliphatic carboxylic acids is 2. The summed E-state index contributed by atoms with van der Waals surface area (Å²) in [5, 5.41) is 22.4. The third-order valence-corrected chi connectivity index (χ3v) is 2.59. The van der Waals surface area contributed by atoms with Gasteiger partial charge < -0.3 is 20.8 Å². The van der Waals surface area contributed by atoms with Crippen molar-refractivity contribution in [2.24, 2.45) is 0 Å². The van der Waals surface area contributed by atoms with Crippen molar-refractivity contribution in [3.8, 4) is 0 Å². The maximum Gasteiger partial charge on any atom is 0.326 e. The predicted octanol–water partition coefficient (Wildman–Crippen LogP) is 1.18. The van der Waals surface area contributed by atoms with Gasteiger partial charge in [0, 0.05) is 12.5 Å². The van der Waals surface area contributed by atoms with Crippen molar-refractivity contribution in [3.63, 3.8) is 0 Å². The molecule has 0 aromatic rings. The lowest BCUT2D eigenvalue weighted by molar-refractivity contribution is -0.140. The van der Waals surface area contributed by atoms with Crippen molar-refractivity contribution in [2.45, 2.75) is 58.0 Å². The average Bonchev–Trinajstić information content (AvgIpc) is 2.27. The minimum absolute atomic E-state index is 0.0292. The monoisotopic (exact) mass is 274 g/mol. The highest BCUT2D eigenvalue weighted by Gasteiger charge is 2.20. The molecular weight excluding hydrogens is 252 g/mol. The molecule has 19 heavy (non-hydrogen) atoms. The maximum atomic E-state index is 11.5. The van der Waals surface area contributed by atoms with E-state index in [4.69, 9.17) is 10.2 Å². The number of hydrogen-bond donors (Lipinski definition) is 4. The number of carbonyl (C=O) groups excluding carboxylic acids is 1. The van der Waals surface area contributed by atoms with Gasteiger partial charge in [0.25, 0.3) is 0 Å². The summed E-state index contributed by atoms with van der Waals surface area (Å²) in [7, 11) is 0. The Balaban J connectivity index is 4.15. The zero-order chi connectivity index (χ0) is 14.8. The van der Waals surface area contributed by atoms with Gasteiger partial charge >= 0.3 is 18.0 Å². The van der Waals surface area contributed by atoms with Gasteiger partial charge in [-0.2, -0.15) is 0 Å². The van der Waals surface area contributed by atoms with Crippen molar-refractivity contribution in [2.75, 3.05) is 0 Å². The lowest BCUT2D eigenvalue weighted by atomic mass is 10.1. The van der Waals surface area contributed by atoms with E-state index in [9.17, 15) is 14.4 Å². The molecule has 0 fully saturated rings. The van der Waals surface area contributed by atoms with Crippen LogP contribution in [-0.2, 0) is 9.59 Å². The third kappa shape index (κ3) is 8.87. The summed E-state index contributed by atoms with van der Waals surface area (Å²) < 4.78 is 0. The van der Waals surface area contributed by atoms with Crippen LogP contribution in [0.4, 0.5) is 4.79 Å². The fourth-order valence-corrected chi connectivity index (χ4v) is 1.64. The Labute approximate surface area is 112 Å². The van der Waals surface area contributed by atoms with Crippen LogP contribution in [0.15, 0.2) is 0 Å². The van der Waals surface area contributed by atoms with Gasteiger partial charge in [0.2, 0.25) is 0 Å². The first kappa shape index (κ1) is 17.2. The molecule has 110 valence electrons. The quantitative estimate of drug-likeness (QED) is 0.504. The summed E-state index contributed by atoms with van der Waals surface area (Å²) in [4.78, 5) is 32.8. The normalized spacial score (nSPS) is 13.4. The molecule has 0 saturated heterocycles. The average molecular weight is 274 g/mol. The van der Waals surface area contributed by atoms with Crippen LogP contribution in [-0.4, -0.2) is 40.3 Å². The first-order valence-corrected chi connectivity index (χ1v) is 6.38. The molecule has 0 heterocycles. The summed E-state index contributed by atoms with van der Waals surface area (Å²) in [5.74, 6) is -2.14. The largest absolute Gasteiger partial charge is 0.481 e. The highest BCUT2D eigenvalue weighted by molar-refractivity contribution is 5.82. The molecule has 0 bridgehead atoms. The van der Waals surface area contributed by atoms with Crippen LogP contribution in [0.25, 0.3) is 0 Å². The minimum atomic E-state index is -1.16. The van der Waals surface area contributed by atoms with Gasteiger partial charge in [-0.25, -0.2) is 9.59 Å².